The van der Waals surface area contributed by atoms with E-state index in [1.165, 1.54) is 54.6 Å². The molecule has 3 aromatic carbocycles. The maximum Gasteiger partial charge on any atom is 0.337 e. The predicted octanol–water partition coefficient (Wildman–Crippen LogP) is 3.43. The summed E-state index contributed by atoms with van der Waals surface area (Å²) in [6.45, 7) is 0. The number of fused-ring (bicyclic) bond motifs is 1. The largest absolute Gasteiger partial charge is 0.465 e. The van der Waals surface area contributed by atoms with E-state index in [0.717, 1.165) is 4.90 Å². The van der Waals surface area contributed by atoms with Crippen molar-refractivity contribution in [2.45, 2.75) is 12.1 Å². The van der Waals surface area contributed by atoms with E-state index in [1.54, 1.807) is 30.3 Å². The normalized spacial score (nSPS) is 21.2. The number of carbonyl (C=O) groups excluding carboxylic acids is 3. The molecular formula is C25H19N3O7. The molecule has 176 valence electrons. The molecule has 10 heteroatoms. The summed E-state index contributed by atoms with van der Waals surface area (Å²) in [5.74, 6) is -2.54. The van der Waals surface area contributed by atoms with Crippen molar-refractivity contribution in [3.63, 3.8) is 0 Å². The van der Waals surface area contributed by atoms with Gasteiger partial charge in [-0.1, -0.05) is 30.3 Å². The number of methoxy groups -OCH3 is 1. The van der Waals surface area contributed by atoms with Crippen molar-refractivity contribution in [3.8, 4) is 0 Å². The number of esters is 1. The first-order valence-electron chi connectivity index (χ1n) is 10.7. The van der Waals surface area contributed by atoms with Gasteiger partial charge in [0.05, 0.1) is 35.0 Å². The Kier molecular flexibility index (Phi) is 5.50. The third kappa shape index (κ3) is 3.69. The maximum atomic E-state index is 13.6. The van der Waals surface area contributed by atoms with Crippen LogP contribution < -0.4 is 9.96 Å². The summed E-state index contributed by atoms with van der Waals surface area (Å²) in [6.07, 6.45) is -1.12. The number of amides is 2. The highest BCUT2D eigenvalue weighted by Crippen LogP contribution is 2.47. The smallest absolute Gasteiger partial charge is 0.337 e. The number of carbonyl (C=O) groups is 3. The molecule has 0 radical (unpaired) electrons. The summed E-state index contributed by atoms with van der Waals surface area (Å²) < 4.78 is 4.69. The van der Waals surface area contributed by atoms with Gasteiger partial charge in [0.15, 0.2) is 6.10 Å². The van der Waals surface area contributed by atoms with Crippen molar-refractivity contribution in [3.05, 3.63) is 100 Å². The molecular weight excluding hydrogens is 454 g/mol. The van der Waals surface area contributed by atoms with E-state index in [1.807, 2.05) is 6.07 Å². The highest BCUT2D eigenvalue weighted by Gasteiger charge is 2.60. The summed E-state index contributed by atoms with van der Waals surface area (Å²) >= 11 is 0. The topological polar surface area (TPSA) is 119 Å². The SMILES string of the molecule is COC(=O)c1ccc(N2C(=O)[C@@H]3[C@@H](c4cccc([N+](=O)[O-])c4)N(c4ccccc4)O[C@H]3C2=O)cc1. The minimum absolute atomic E-state index is 0.133. The minimum Gasteiger partial charge on any atom is -0.465 e. The van der Waals surface area contributed by atoms with Crippen LogP contribution in [0.1, 0.15) is 22.0 Å². The Morgan fingerprint density at radius 2 is 1.66 bits per heavy atom. The van der Waals surface area contributed by atoms with Gasteiger partial charge in [-0.3, -0.25) is 24.5 Å². The molecule has 0 unspecified atom stereocenters. The van der Waals surface area contributed by atoms with Gasteiger partial charge in [-0.25, -0.2) is 14.8 Å². The molecule has 0 bridgehead atoms. The number of hydrogen-bond acceptors (Lipinski definition) is 8. The maximum absolute atomic E-state index is 13.6. The zero-order chi connectivity index (χ0) is 24.7. The van der Waals surface area contributed by atoms with Gasteiger partial charge >= 0.3 is 5.97 Å². The van der Waals surface area contributed by atoms with Crippen LogP contribution in [0.4, 0.5) is 17.1 Å². The molecule has 0 N–H and O–H groups in total. The number of hydroxylamine groups is 1. The fraction of sp³-hybridized carbons (Fsp3) is 0.160. The highest BCUT2D eigenvalue weighted by atomic mass is 16.7. The van der Waals surface area contributed by atoms with Crippen LogP contribution in [0.2, 0.25) is 0 Å². The first-order valence-corrected chi connectivity index (χ1v) is 10.7. The van der Waals surface area contributed by atoms with Crippen LogP contribution >= 0.6 is 0 Å². The summed E-state index contributed by atoms with van der Waals surface area (Å²) in [6, 6.07) is 20.0. The number of nitro groups is 1. The number of ether oxygens (including phenoxy) is 1. The standard InChI is InChI=1S/C25H19N3O7/c1-34-25(31)15-10-12-17(13-11-15)26-23(29)20-21(16-6-5-9-19(14-16)28(32)33)27(35-22(20)24(26)30)18-7-3-2-4-8-18/h2-14,20-22H,1H3/t20-,21-,22-/m1/s1. The fourth-order valence-electron chi connectivity index (χ4n) is 4.49. The summed E-state index contributed by atoms with van der Waals surface area (Å²) in [7, 11) is 1.26. The number of non-ortho nitro benzene ring substituents is 1. The molecule has 0 spiro atoms. The predicted molar refractivity (Wildman–Crippen MR) is 123 cm³/mol. The van der Waals surface area contributed by atoms with E-state index in [0.29, 0.717) is 11.3 Å². The molecule has 2 aliphatic rings. The average molecular weight is 473 g/mol. The van der Waals surface area contributed by atoms with Gasteiger partial charge in [0, 0.05) is 12.1 Å². The lowest BCUT2D eigenvalue weighted by Gasteiger charge is -2.28. The molecule has 0 aliphatic carbocycles. The second-order valence-corrected chi connectivity index (χ2v) is 8.06. The second-order valence-electron chi connectivity index (χ2n) is 8.06. The zero-order valence-corrected chi connectivity index (χ0v) is 18.4. The van der Waals surface area contributed by atoms with E-state index >= 15 is 0 Å². The van der Waals surface area contributed by atoms with E-state index in [9.17, 15) is 24.5 Å². The van der Waals surface area contributed by atoms with Crippen LogP contribution in [0.3, 0.4) is 0 Å². The van der Waals surface area contributed by atoms with Gasteiger partial charge < -0.3 is 4.74 Å². The van der Waals surface area contributed by atoms with E-state index in [-0.39, 0.29) is 16.9 Å². The van der Waals surface area contributed by atoms with Crippen LogP contribution in [-0.4, -0.2) is 35.9 Å². The van der Waals surface area contributed by atoms with Crippen molar-refractivity contribution in [2.75, 3.05) is 17.1 Å². The molecule has 2 saturated heterocycles. The Labute approximate surface area is 199 Å². The second kappa shape index (κ2) is 8.65. The average Bonchev–Trinajstić information content (AvgIpc) is 3.40. The molecule has 2 aliphatic heterocycles. The quantitative estimate of drug-likeness (QED) is 0.239. The number of anilines is 2. The Morgan fingerprint density at radius 3 is 2.31 bits per heavy atom. The number of benzene rings is 3. The summed E-state index contributed by atoms with van der Waals surface area (Å²) in [5.41, 5.74) is 1.50. The lowest BCUT2D eigenvalue weighted by Crippen LogP contribution is -2.37. The third-order valence-corrected chi connectivity index (χ3v) is 6.10. The Hall–Kier alpha value is -4.57. The third-order valence-electron chi connectivity index (χ3n) is 6.10. The molecule has 2 heterocycles. The van der Waals surface area contributed by atoms with Gasteiger partial charge in [0.1, 0.15) is 5.92 Å². The van der Waals surface area contributed by atoms with Gasteiger partial charge in [0.25, 0.3) is 11.6 Å². The highest BCUT2D eigenvalue weighted by molar-refractivity contribution is 6.24. The van der Waals surface area contributed by atoms with Crippen molar-refractivity contribution in [1.82, 2.24) is 0 Å². The first kappa shape index (κ1) is 22.2. The lowest BCUT2D eigenvalue weighted by atomic mass is 9.90. The van der Waals surface area contributed by atoms with E-state index in [2.05, 4.69) is 4.74 Å². The number of nitrogens with zero attached hydrogens (tertiary/aromatic N) is 3. The Morgan fingerprint density at radius 1 is 0.943 bits per heavy atom. The van der Waals surface area contributed by atoms with Crippen LogP contribution in [0.5, 0.6) is 0 Å². The van der Waals surface area contributed by atoms with Crippen molar-refractivity contribution >= 4 is 34.8 Å². The monoisotopic (exact) mass is 473 g/mol. The lowest BCUT2D eigenvalue weighted by molar-refractivity contribution is -0.384. The Bertz CT molecular complexity index is 1330. The molecule has 3 atom stereocenters. The van der Waals surface area contributed by atoms with Gasteiger partial charge in [0.2, 0.25) is 5.91 Å². The van der Waals surface area contributed by atoms with Crippen molar-refractivity contribution in [2.24, 2.45) is 5.92 Å². The van der Waals surface area contributed by atoms with E-state index in [4.69, 9.17) is 4.84 Å². The number of nitro benzene ring substituents is 1. The number of hydrogen-bond donors (Lipinski definition) is 0. The first-order chi connectivity index (χ1) is 16.9. The molecule has 3 aromatic rings. The van der Waals surface area contributed by atoms with Gasteiger partial charge in [-0.2, -0.15) is 0 Å². The molecule has 2 fully saturated rings. The fourth-order valence-corrected chi connectivity index (χ4v) is 4.49. The molecule has 0 saturated carbocycles. The minimum atomic E-state index is -1.12. The molecule has 10 nitrogen and oxygen atoms in total. The molecule has 0 aromatic heterocycles. The number of rotatable bonds is 5. The van der Waals surface area contributed by atoms with Crippen LogP contribution in [0.25, 0.3) is 0 Å². The van der Waals surface area contributed by atoms with Gasteiger partial charge in [-0.05, 0) is 42.0 Å². The van der Waals surface area contributed by atoms with Crippen LogP contribution in [-0.2, 0) is 19.2 Å². The Balaban J connectivity index is 1.55. The van der Waals surface area contributed by atoms with E-state index < -0.39 is 40.8 Å². The number of imide groups is 1. The van der Waals surface area contributed by atoms with Crippen molar-refractivity contribution in [1.29, 1.82) is 0 Å². The zero-order valence-electron chi connectivity index (χ0n) is 18.4. The molecule has 2 amide bonds. The van der Waals surface area contributed by atoms with Crippen LogP contribution in [0, 0.1) is 16.0 Å². The molecule has 35 heavy (non-hydrogen) atoms. The van der Waals surface area contributed by atoms with Crippen LogP contribution in [0.15, 0.2) is 78.9 Å². The van der Waals surface area contributed by atoms with Crippen molar-refractivity contribution < 1.29 is 28.9 Å². The van der Waals surface area contributed by atoms with Gasteiger partial charge in [-0.15, -0.1) is 0 Å². The summed E-state index contributed by atoms with van der Waals surface area (Å²) in [5, 5.41) is 12.9. The number of para-hydroxylation sites is 1. The molecule has 5 rings (SSSR count). The summed E-state index contributed by atoms with van der Waals surface area (Å²) in [4.78, 5) is 56.7.